The van der Waals surface area contributed by atoms with Gasteiger partial charge in [-0.15, -0.1) is 0 Å². The van der Waals surface area contributed by atoms with Crippen molar-refractivity contribution < 1.29 is 28.7 Å². The van der Waals surface area contributed by atoms with Gasteiger partial charge in [-0.2, -0.15) is 0 Å². The molecule has 0 aromatic heterocycles. The van der Waals surface area contributed by atoms with Crippen molar-refractivity contribution >= 4 is 35.2 Å². The molecule has 1 saturated carbocycles. The van der Waals surface area contributed by atoms with Crippen LogP contribution in [-0.4, -0.2) is 80.4 Å². The number of amides is 5. The number of nitrogens with two attached hydrogens (primary N) is 1. The van der Waals surface area contributed by atoms with Gasteiger partial charge in [0.1, 0.15) is 6.61 Å². The third-order valence-electron chi connectivity index (χ3n) is 5.92. The summed E-state index contributed by atoms with van der Waals surface area (Å²) in [4.78, 5) is 63.5. The predicted octanol–water partition coefficient (Wildman–Crippen LogP) is -0.993. The summed E-state index contributed by atoms with van der Waals surface area (Å²) < 4.78 is 5.13. The van der Waals surface area contributed by atoms with E-state index in [-0.39, 0.29) is 24.3 Å². The summed E-state index contributed by atoms with van der Waals surface area (Å²) in [6, 6.07) is 5.48. The molecule has 1 heterocycles. The maximum atomic E-state index is 12.9. The quantitative estimate of drug-likeness (QED) is 0.481. The lowest BCUT2D eigenvalue weighted by Crippen LogP contribution is -2.57. The SMILES string of the molecule is CN(C)C(=O)[C@H]1CC[C@H](NC(=O)C(N)=O)[C@H](NC(=O)c2ccc(N3CCOCC3=O)cc2)C1. The normalized spacial score (nSPS) is 22.9. The van der Waals surface area contributed by atoms with Crippen LogP contribution in [0.4, 0.5) is 5.69 Å². The Hall–Kier alpha value is -3.47. The molecule has 0 unspecified atom stereocenters. The first-order chi connectivity index (χ1) is 15.7. The van der Waals surface area contributed by atoms with Crippen LogP contribution in [0.1, 0.15) is 29.6 Å². The highest BCUT2D eigenvalue weighted by Gasteiger charge is 2.36. The van der Waals surface area contributed by atoms with Crippen molar-refractivity contribution in [3.63, 3.8) is 0 Å². The molecule has 0 radical (unpaired) electrons. The molecule has 1 aromatic carbocycles. The summed E-state index contributed by atoms with van der Waals surface area (Å²) >= 11 is 0. The van der Waals surface area contributed by atoms with Crippen LogP contribution in [0.15, 0.2) is 24.3 Å². The number of ether oxygens (including phenoxy) is 1. The van der Waals surface area contributed by atoms with Crippen LogP contribution in [-0.2, 0) is 23.9 Å². The molecule has 1 aromatic rings. The van der Waals surface area contributed by atoms with Crippen LogP contribution < -0.4 is 21.3 Å². The van der Waals surface area contributed by atoms with Crippen molar-refractivity contribution in [1.29, 1.82) is 0 Å². The van der Waals surface area contributed by atoms with Crippen molar-refractivity contribution in [2.24, 2.45) is 11.7 Å². The number of carbonyl (C=O) groups excluding carboxylic acids is 5. The maximum absolute atomic E-state index is 12.9. The zero-order valence-corrected chi connectivity index (χ0v) is 18.7. The number of hydrogen-bond donors (Lipinski definition) is 3. The molecular weight excluding hydrogens is 430 g/mol. The molecule has 1 saturated heterocycles. The van der Waals surface area contributed by atoms with Crippen molar-refractivity contribution in [3.8, 4) is 0 Å². The van der Waals surface area contributed by atoms with E-state index in [2.05, 4.69) is 10.6 Å². The number of nitrogens with one attached hydrogen (secondary N) is 2. The van der Waals surface area contributed by atoms with E-state index in [1.807, 2.05) is 0 Å². The summed E-state index contributed by atoms with van der Waals surface area (Å²) in [5.41, 5.74) is 6.09. The summed E-state index contributed by atoms with van der Waals surface area (Å²) in [6.45, 7) is 0.908. The van der Waals surface area contributed by atoms with Crippen LogP contribution >= 0.6 is 0 Å². The molecular formula is C22H29N5O6. The lowest BCUT2D eigenvalue weighted by Gasteiger charge is -2.37. The fraction of sp³-hybridized carbons (Fsp3) is 0.500. The molecule has 3 atom stereocenters. The van der Waals surface area contributed by atoms with Gasteiger partial charge in [-0.1, -0.05) is 0 Å². The molecule has 11 nitrogen and oxygen atoms in total. The topological polar surface area (TPSA) is 151 Å². The summed E-state index contributed by atoms with van der Waals surface area (Å²) in [5, 5.41) is 5.45. The van der Waals surface area contributed by atoms with Crippen LogP contribution in [0.5, 0.6) is 0 Å². The molecule has 1 aliphatic heterocycles. The van der Waals surface area contributed by atoms with Crippen LogP contribution in [0.25, 0.3) is 0 Å². The molecule has 3 rings (SSSR count). The largest absolute Gasteiger partial charge is 0.370 e. The lowest BCUT2D eigenvalue weighted by molar-refractivity contribution is -0.138. The van der Waals surface area contributed by atoms with Gasteiger partial charge in [-0.05, 0) is 43.5 Å². The smallest absolute Gasteiger partial charge is 0.309 e. The van der Waals surface area contributed by atoms with Gasteiger partial charge in [-0.3, -0.25) is 24.0 Å². The Labute approximate surface area is 191 Å². The van der Waals surface area contributed by atoms with Crippen molar-refractivity contribution in [2.45, 2.75) is 31.3 Å². The molecule has 2 fully saturated rings. The lowest BCUT2D eigenvalue weighted by atomic mass is 9.81. The summed E-state index contributed by atoms with van der Waals surface area (Å²) in [6.07, 6.45) is 1.23. The Balaban J connectivity index is 1.72. The van der Waals surface area contributed by atoms with E-state index < -0.39 is 29.8 Å². The zero-order valence-electron chi connectivity index (χ0n) is 18.7. The van der Waals surface area contributed by atoms with Gasteiger partial charge < -0.3 is 30.9 Å². The summed E-state index contributed by atoms with van der Waals surface area (Å²) in [7, 11) is 3.33. The second-order valence-electron chi connectivity index (χ2n) is 8.41. The molecule has 178 valence electrons. The zero-order chi connectivity index (χ0) is 24.1. The highest BCUT2D eigenvalue weighted by atomic mass is 16.5. The Kier molecular flexibility index (Phi) is 7.64. The highest BCUT2D eigenvalue weighted by Crippen LogP contribution is 2.27. The van der Waals surface area contributed by atoms with Gasteiger partial charge in [0.2, 0.25) is 5.91 Å². The number of nitrogens with zero attached hydrogens (tertiary/aromatic N) is 2. The molecule has 5 amide bonds. The van der Waals surface area contributed by atoms with Gasteiger partial charge in [0, 0.05) is 43.9 Å². The van der Waals surface area contributed by atoms with E-state index in [0.29, 0.717) is 43.7 Å². The van der Waals surface area contributed by atoms with Crippen molar-refractivity contribution in [2.75, 3.05) is 38.8 Å². The van der Waals surface area contributed by atoms with Crippen molar-refractivity contribution in [1.82, 2.24) is 15.5 Å². The van der Waals surface area contributed by atoms with Gasteiger partial charge >= 0.3 is 11.8 Å². The molecule has 0 bridgehead atoms. The monoisotopic (exact) mass is 459 g/mol. The van der Waals surface area contributed by atoms with E-state index >= 15 is 0 Å². The van der Waals surface area contributed by atoms with Crippen LogP contribution in [0.2, 0.25) is 0 Å². The van der Waals surface area contributed by atoms with Crippen LogP contribution in [0, 0.1) is 5.92 Å². The minimum atomic E-state index is -1.11. The average Bonchev–Trinajstić information content (AvgIpc) is 2.79. The Morgan fingerprint density at radius 2 is 1.76 bits per heavy atom. The number of carbonyl (C=O) groups is 5. The number of hydrogen-bond acceptors (Lipinski definition) is 6. The number of morpholine rings is 1. The van der Waals surface area contributed by atoms with E-state index in [1.54, 1.807) is 43.3 Å². The van der Waals surface area contributed by atoms with E-state index in [9.17, 15) is 24.0 Å². The first-order valence-corrected chi connectivity index (χ1v) is 10.8. The summed E-state index contributed by atoms with van der Waals surface area (Å²) in [5.74, 6) is -2.97. The van der Waals surface area contributed by atoms with Crippen molar-refractivity contribution in [3.05, 3.63) is 29.8 Å². The number of anilines is 1. The third kappa shape index (κ3) is 5.86. The molecule has 4 N–H and O–H groups in total. The van der Waals surface area contributed by atoms with Gasteiger partial charge in [0.05, 0.1) is 12.6 Å². The molecule has 2 aliphatic rings. The predicted molar refractivity (Wildman–Crippen MR) is 118 cm³/mol. The number of rotatable bonds is 5. The second kappa shape index (κ2) is 10.4. The Morgan fingerprint density at radius 1 is 1.06 bits per heavy atom. The number of benzene rings is 1. The first-order valence-electron chi connectivity index (χ1n) is 10.8. The second-order valence-corrected chi connectivity index (χ2v) is 8.41. The minimum Gasteiger partial charge on any atom is -0.370 e. The van der Waals surface area contributed by atoms with E-state index in [4.69, 9.17) is 10.5 Å². The fourth-order valence-electron chi connectivity index (χ4n) is 4.17. The Morgan fingerprint density at radius 3 is 2.36 bits per heavy atom. The maximum Gasteiger partial charge on any atom is 0.309 e. The molecule has 33 heavy (non-hydrogen) atoms. The van der Waals surface area contributed by atoms with Crippen LogP contribution in [0.3, 0.4) is 0 Å². The van der Waals surface area contributed by atoms with Gasteiger partial charge in [0.15, 0.2) is 0 Å². The molecule has 0 spiro atoms. The minimum absolute atomic E-state index is 0.0230. The number of primary amides is 1. The average molecular weight is 460 g/mol. The molecule has 11 heteroatoms. The van der Waals surface area contributed by atoms with E-state index in [0.717, 1.165) is 0 Å². The fourth-order valence-corrected chi connectivity index (χ4v) is 4.17. The molecule has 1 aliphatic carbocycles. The standard InChI is InChI=1S/C22H29N5O6/c1-26(2)22(32)14-5-8-16(24-21(31)19(23)29)17(11-14)25-20(30)13-3-6-15(7-4-13)27-9-10-33-12-18(27)28/h3-4,6-7,14,16-17H,5,8-12H2,1-2H3,(H2,23,29)(H,24,31)(H,25,30)/t14-,16-,17+/m0/s1. The Bertz CT molecular complexity index is 932. The highest BCUT2D eigenvalue weighted by molar-refractivity contribution is 6.34. The third-order valence-corrected chi connectivity index (χ3v) is 5.92. The van der Waals surface area contributed by atoms with E-state index in [1.165, 1.54) is 4.90 Å². The van der Waals surface area contributed by atoms with Gasteiger partial charge in [0.25, 0.3) is 11.8 Å². The van der Waals surface area contributed by atoms with Gasteiger partial charge in [-0.25, -0.2) is 0 Å². The first kappa shape index (κ1) is 24.2.